The molecule has 0 aliphatic rings. The van der Waals surface area contributed by atoms with Gasteiger partial charge in [0.05, 0.1) is 0 Å². The molecule has 0 aliphatic carbocycles. The molecule has 1 N–H and O–H groups in total. The smallest absolute Gasteiger partial charge is 0.0462 e. The SMILES string of the molecule is COCCC[C@@H](C)C(C)=N. The summed E-state index contributed by atoms with van der Waals surface area (Å²) >= 11 is 0. The van der Waals surface area contributed by atoms with Gasteiger partial charge in [-0.25, -0.2) is 0 Å². The molecule has 0 aromatic rings. The largest absolute Gasteiger partial charge is 0.385 e. The van der Waals surface area contributed by atoms with E-state index in [-0.39, 0.29) is 0 Å². The van der Waals surface area contributed by atoms with E-state index in [4.69, 9.17) is 10.1 Å². The maximum absolute atomic E-state index is 7.30. The molecule has 2 heteroatoms. The zero-order chi connectivity index (χ0) is 7.98. The topological polar surface area (TPSA) is 33.1 Å². The average molecular weight is 143 g/mol. The Morgan fingerprint density at radius 2 is 2.20 bits per heavy atom. The van der Waals surface area contributed by atoms with Gasteiger partial charge in [0.15, 0.2) is 0 Å². The van der Waals surface area contributed by atoms with Gasteiger partial charge in [-0.15, -0.1) is 0 Å². The second-order valence-electron chi connectivity index (χ2n) is 2.72. The van der Waals surface area contributed by atoms with Gasteiger partial charge in [-0.05, 0) is 25.7 Å². The molecule has 0 unspecified atom stereocenters. The molecule has 0 heterocycles. The van der Waals surface area contributed by atoms with Gasteiger partial charge < -0.3 is 10.1 Å². The van der Waals surface area contributed by atoms with Crippen LogP contribution in [0, 0.1) is 11.3 Å². The Morgan fingerprint density at radius 3 is 2.60 bits per heavy atom. The number of ether oxygens (including phenoxy) is 1. The van der Waals surface area contributed by atoms with E-state index in [2.05, 4.69) is 6.92 Å². The van der Waals surface area contributed by atoms with Crippen molar-refractivity contribution in [3.8, 4) is 0 Å². The zero-order valence-electron chi connectivity index (χ0n) is 7.11. The molecule has 0 aromatic carbocycles. The molecule has 0 radical (unpaired) electrons. The van der Waals surface area contributed by atoms with Crippen LogP contribution in [0.4, 0.5) is 0 Å². The molecule has 1 atom stereocenters. The van der Waals surface area contributed by atoms with Crippen LogP contribution in [0.15, 0.2) is 0 Å². The highest BCUT2D eigenvalue weighted by atomic mass is 16.5. The number of nitrogens with one attached hydrogen (secondary N) is 1. The first-order chi connectivity index (χ1) is 4.68. The molecule has 0 aromatic heterocycles. The highest BCUT2D eigenvalue weighted by Gasteiger charge is 2.02. The summed E-state index contributed by atoms with van der Waals surface area (Å²) in [6.45, 7) is 4.76. The summed E-state index contributed by atoms with van der Waals surface area (Å²) in [6, 6.07) is 0. The molecular formula is C8H17NO. The van der Waals surface area contributed by atoms with E-state index in [1.165, 1.54) is 0 Å². The Hall–Kier alpha value is -0.370. The van der Waals surface area contributed by atoms with Gasteiger partial charge >= 0.3 is 0 Å². The van der Waals surface area contributed by atoms with Crippen molar-refractivity contribution in [3.63, 3.8) is 0 Å². The fourth-order valence-electron chi connectivity index (χ4n) is 0.750. The lowest BCUT2D eigenvalue weighted by Crippen LogP contribution is -2.06. The van der Waals surface area contributed by atoms with Crippen LogP contribution < -0.4 is 0 Å². The minimum Gasteiger partial charge on any atom is -0.385 e. The van der Waals surface area contributed by atoms with Gasteiger partial charge in [0.2, 0.25) is 0 Å². The Labute approximate surface area is 63.1 Å². The quantitative estimate of drug-likeness (QED) is 0.464. The molecule has 0 fully saturated rings. The van der Waals surface area contributed by atoms with E-state index in [0.717, 1.165) is 25.2 Å². The maximum Gasteiger partial charge on any atom is 0.0462 e. The van der Waals surface area contributed by atoms with E-state index >= 15 is 0 Å². The standard InChI is InChI=1S/C8H17NO/c1-7(8(2)9)5-4-6-10-3/h7,9H,4-6H2,1-3H3/t7-/m1/s1. The van der Waals surface area contributed by atoms with Crippen LogP contribution in [0.5, 0.6) is 0 Å². The monoisotopic (exact) mass is 143 g/mol. The van der Waals surface area contributed by atoms with Crippen LogP contribution >= 0.6 is 0 Å². The third kappa shape index (κ3) is 4.50. The summed E-state index contributed by atoms with van der Waals surface area (Å²) < 4.78 is 4.90. The highest BCUT2D eigenvalue weighted by Crippen LogP contribution is 2.05. The summed E-state index contributed by atoms with van der Waals surface area (Å²) in [5, 5.41) is 7.30. The number of methoxy groups -OCH3 is 1. The number of hydrogen-bond acceptors (Lipinski definition) is 2. The predicted octanol–water partition coefficient (Wildman–Crippen LogP) is 2.09. The summed E-state index contributed by atoms with van der Waals surface area (Å²) in [7, 11) is 1.71. The third-order valence-corrected chi connectivity index (χ3v) is 1.72. The zero-order valence-corrected chi connectivity index (χ0v) is 7.11. The van der Waals surface area contributed by atoms with Gasteiger partial charge in [-0.3, -0.25) is 0 Å². The molecule has 0 saturated carbocycles. The summed E-state index contributed by atoms with van der Waals surface area (Å²) in [4.78, 5) is 0. The number of hydrogen-bond donors (Lipinski definition) is 1. The van der Waals surface area contributed by atoms with Crippen molar-refractivity contribution < 1.29 is 4.74 Å². The van der Waals surface area contributed by atoms with Crippen LogP contribution in [0.3, 0.4) is 0 Å². The third-order valence-electron chi connectivity index (χ3n) is 1.72. The second kappa shape index (κ2) is 5.42. The fourth-order valence-corrected chi connectivity index (χ4v) is 0.750. The predicted molar refractivity (Wildman–Crippen MR) is 43.7 cm³/mol. The number of rotatable bonds is 5. The van der Waals surface area contributed by atoms with Crippen LogP contribution in [0.1, 0.15) is 26.7 Å². The van der Waals surface area contributed by atoms with Crippen molar-refractivity contribution >= 4 is 5.71 Å². The average Bonchev–Trinajstić information content (AvgIpc) is 1.88. The first kappa shape index (κ1) is 9.63. The van der Waals surface area contributed by atoms with Gasteiger partial charge in [-0.1, -0.05) is 6.92 Å². The lowest BCUT2D eigenvalue weighted by Gasteiger charge is -2.07. The van der Waals surface area contributed by atoms with Crippen LogP contribution in [0.25, 0.3) is 0 Å². The molecule has 0 aliphatic heterocycles. The van der Waals surface area contributed by atoms with Crippen molar-refractivity contribution in [1.29, 1.82) is 5.41 Å². The van der Waals surface area contributed by atoms with E-state index in [1.54, 1.807) is 7.11 Å². The fraction of sp³-hybridized carbons (Fsp3) is 0.875. The highest BCUT2D eigenvalue weighted by molar-refractivity contribution is 5.80. The first-order valence-corrected chi connectivity index (χ1v) is 3.72. The van der Waals surface area contributed by atoms with Crippen molar-refractivity contribution in [3.05, 3.63) is 0 Å². The van der Waals surface area contributed by atoms with Crippen molar-refractivity contribution in [1.82, 2.24) is 0 Å². The summed E-state index contributed by atoms with van der Waals surface area (Å²) in [6.07, 6.45) is 2.14. The maximum atomic E-state index is 7.30. The Bertz CT molecular complexity index is 101. The van der Waals surface area contributed by atoms with E-state index < -0.39 is 0 Å². The molecule has 0 bridgehead atoms. The van der Waals surface area contributed by atoms with Crippen molar-refractivity contribution in [2.24, 2.45) is 5.92 Å². The van der Waals surface area contributed by atoms with E-state index in [0.29, 0.717) is 5.92 Å². The van der Waals surface area contributed by atoms with Gasteiger partial charge in [0, 0.05) is 19.4 Å². The van der Waals surface area contributed by atoms with Crippen LogP contribution in [-0.2, 0) is 4.74 Å². The first-order valence-electron chi connectivity index (χ1n) is 3.72. The Balaban J connectivity index is 3.21. The molecule has 2 nitrogen and oxygen atoms in total. The normalized spacial score (nSPS) is 13.1. The molecule has 0 saturated heterocycles. The minimum absolute atomic E-state index is 0.426. The Morgan fingerprint density at radius 1 is 1.60 bits per heavy atom. The molecule has 10 heavy (non-hydrogen) atoms. The van der Waals surface area contributed by atoms with E-state index in [9.17, 15) is 0 Å². The lowest BCUT2D eigenvalue weighted by atomic mass is 10.0. The minimum atomic E-state index is 0.426. The molecular weight excluding hydrogens is 126 g/mol. The van der Waals surface area contributed by atoms with Crippen molar-refractivity contribution in [2.45, 2.75) is 26.7 Å². The molecule has 0 spiro atoms. The molecule has 0 rings (SSSR count). The molecule has 60 valence electrons. The van der Waals surface area contributed by atoms with Crippen LogP contribution in [-0.4, -0.2) is 19.4 Å². The van der Waals surface area contributed by atoms with Crippen molar-refractivity contribution in [2.75, 3.05) is 13.7 Å². The van der Waals surface area contributed by atoms with Gasteiger partial charge in [0.1, 0.15) is 0 Å². The summed E-state index contributed by atoms with van der Waals surface area (Å²) in [5.41, 5.74) is 0.774. The van der Waals surface area contributed by atoms with Gasteiger partial charge in [-0.2, -0.15) is 0 Å². The molecule has 0 amide bonds. The van der Waals surface area contributed by atoms with E-state index in [1.807, 2.05) is 6.92 Å². The lowest BCUT2D eigenvalue weighted by molar-refractivity contribution is 0.190. The van der Waals surface area contributed by atoms with Crippen LogP contribution in [0.2, 0.25) is 0 Å². The summed E-state index contributed by atoms with van der Waals surface area (Å²) in [5.74, 6) is 0.426. The Kier molecular flexibility index (Phi) is 5.22. The van der Waals surface area contributed by atoms with Gasteiger partial charge in [0.25, 0.3) is 0 Å². The second-order valence-corrected chi connectivity index (χ2v) is 2.72.